The summed E-state index contributed by atoms with van der Waals surface area (Å²) in [5.74, 6) is 0.833. The lowest BCUT2D eigenvalue weighted by Crippen LogP contribution is -2.39. The molecule has 2 saturated heterocycles. The third-order valence-corrected chi connectivity index (χ3v) is 5.54. The van der Waals surface area contributed by atoms with Gasteiger partial charge in [0.05, 0.1) is 17.5 Å². The minimum absolute atomic E-state index is 0.0932. The van der Waals surface area contributed by atoms with Gasteiger partial charge < -0.3 is 4.90 Å². The molecule has 2 fully saturated rings. The third-order valence-electron chi connectivity index (χ3n) is 5.54. The van der Waals surface area contributed by atoms with Gasteiger partial charge in [-0.2, -0.15) is 5.10 Å². The Morgan fingerprint density at radius 3 is 2.83 bits per heavy atom. The van der Waals surface area contributed by atoms with Crippen LogP contribution in [0.4, 0.5) is 0 Å². The number of aromatic nitrogens is 3. The molecule has 0 saturated carbocycles. The number of likely N-dealkylation sites (N-methyl/N-ethyl adjacent to an activating group) is 1. The minimum atomic E-state index is 0.0932. The lowest BCUT2D eigenvalue weighted by molar-refractivity contribution is 0.0739. The maximum atomic E-state index is 13.0. The Balaban J connectivity index is 1.58. The van der Waals surface area contributed by atoms with Gasteiger partial charge in [0.2, 0.25) is 0 Å². The number of hydrogen-bond acceptors (Lipinski definition) is 4. The highest BCUT2D eigenvalue weighted by Gasteiger charge is 2.36. The van der Waals surface area contributed by atoms with Crippen LogP contribution in [0.5, 0.6) is 0 Å². The summed E-state index contributed by atoms with van der Waals surface area (Å²) in [6, 6.07) is 6.81. The number of nitrogens with zero attached hydrogens (tertiary/aromatic N) is 5. The first kappa shape index (κ1) is 15.3. The second-order valence-electron chi connectivity index (χ2n) is 6.83. The predicted molar refractivity (Wildman–Crippen MR) is 91.2 cm³/mol. The van der Waals surface area contributed by atoms with Gasteiger partial charge in [-0.1, -0.05) is 6.07 Å². The molecule has 0 aliphatic carbocycles. The van der Waals surface area contributed by atoms with Gasteiger partial charge in [-0.05, 0) is 45.4 Å². The number of hydrogen-bond donors (Lipinski definition) is 0. The van der Waals surface area contributed by atoms with Gasteiger partial charge in [-0.3, -0.25) is 9.69 Å². The molecule has 0 unspecified atom stereocenters. The number of rotatable bonds is 2. The first-order valence-corrected chi connectivity index (χ1v) is 8.62. The Hall–Kier alpha value is -2.21. The highest BCUT2D eigenvalue weighted by molar-refractivity contribution is 5.95. The van der Waals surface area contributed by atoms with Crippen molar-refractivity contribution in [3.05, 3.63) is 41.9 Å². The Morgan fingerprint density at radius 1 is 1.21 bits per heavy atom. The molecule has 4 rings (SSSR count). The third kappa shape index (κ3) is 2.51. The topological polar surface area (TPSA) is 54.3 Å². The van der Waals surface area contributed by atoms with Gasteiger partial charge in [0, 0.05) is 31.4 Å². The lowest BCUT2D eigenvalue weighted by atomic mass is 10.1. The van der Waals surface area contributed by atoms with E-state index in [1.54, 1.807) is 17.1 Å². The molecule has 126 valence electrons. The first-order chi connectivity index (χ1) is 11.6. The average Bonchev–Trinajstić information content (AvgIpc) is 3.08. The molecule has 0 aromatic carbocycles. The number of amides is 1. The van der Waals surface area contributed by atoms with Crippen molar-refractivity contribution >= 4 is 5.91 Å². The van der Waals surface area contributed by atoms with E-state index in [-0.39, 0.29) is 5.91 Å². The summed E-state index contributed by atoms with van der Waals surface area (Å²) in [5.41, 5.74) is 1.53. The van der Waals surface area contributed by atoms with Gasteiger partial charge in [-0.15, -0.1) is 0 Å². The maximum absolute atomic E-state index is 13.0. The van der Waals surface area contributed by atoms with Crippen molar-refractivity contribution in [2.24, 2.45) is 0 Å². The first-order valence-electron chi connectivity index (χ1n) is 8.62. The van der Waals surface area contributed by atoms with Crippen molar-refractivity contribution in [2.75, 3.05) is 20.1 Å². The molecular weight excluding hydrogens is 302 g/mol. The molecule has 2 bridgehead atoms. The van der Waals surface area contributed by atoms with E-state index in [4.69, 9.17) is 0 Å². The van der Waals surface area contributed by atoms with Crippen LogP contribution < -0.4 is 0 Å². The largest absolute Gasteiger partial charge is 0.337 e. The van der Waals surface area contributed by atoms with E-state index >= 15 is 0 Å². The van der Waals surface area contributed by atoms with E-state index in [1.165, 1.54) is 12.8 Å². The van der Waals surface area contributed by atoms with Crippen molar-refractivity contribution < 1.29 is 4.79 Å². The smallest absolute Gasteiger partial charge is 0.257 e. The second-order valence-corrected chi connectivity index (χ2v) is 6.83. The summed E-state index contributed by atoms with van der Waals surface area (Å²) in [6.45, 7) is 3.59. The Bertz CT molecular complexity index is 741. The van der Waals surface area contributed by atoms with Gasteiger partial charge in [0.1, 0.15) is 0 Å². The van der Waals surface area contributed by atoms with Crippen LogP contribution >= 0.6 is 0 Å². The fourth-order valence-electron chi connectivity index (χ4n) is 3.99. The molecule has 2 aliphatic rings. The molecule has 24 heavy (non-hydrogen) atoms. The lowest BCUT2D eigenvalue weighted by Gasteiger charge is -2.25. The molecule has 1 amide bonds. The van der Waals surface area contributed by atoms with E-state index in [1.807, 2.05) is 30.0 Å². The van der Waals surface area contributed by atoms with Crippen molar-refractivity contribution in [2.45, 2.75) is 38.3 Å². The number of pyridine rings is 1. The summed E-state index contributed by atoms with van der Waals surface area (Å²) in [7, 11) is 2.20. The second kappa shape index (κ2) is 6.02. The fraction of sp³-hybridized carbons (Fsp3) is 0.500. The van der Waals surface area contributed by atoms with Crippen LogP contribution in [-0.4, -0.2) is 62.7 Å². The van der Waals surface area contributed by atoms with Crippen LogP contribution in [0.25, 0.3) is 5.82 Å². The number of carbonyl (C=O) groups is 1. The van der Waals surface area contributed by atoms with E-state index < -0.39 is 0 Å². The number of carbonyl (C=O) groups excluding carboxylic acids is 1. The zero-order valence-corrected chi connectivity index (χ0v) is 14.2. The van der Waals surface area contributed by atoms with Crippen molar-refractivity contribution in [1.82, 2.24) is 24.6 Å². The summed E-state index contributed by atoms with van der Waals surface area (Å²) in [6.07, 6.45) is 6.93. The summed E-state index contributed by atoms with van der Waals surface area (Å²) in [5, 5.41) is 4.38. The minimum Gasteiger partial charge on any atom is -0.337 e. The zero-order chi connectivity index (χ0) is 16.7. The molecule has 2 aromatic heterocycles. The normalized spacial score (nSPS) is 24.2. The van der Waals surface area contributed by atoms with Crippen LogP contribution in [0.2, 0.25) is 0 Å². The highest BCUT2D eigenvalue weighted by atomic mass is 16.2. The molecule has 2 aromatic rings. The summed E-state index contributed by atoms with van der Waals surface area (Å²) < 4.78 is 1.74. The maximum Gasteiger partial charge on any atom is 0.257 e. The molecule has 0 spiro atoms. The Kier molecular flexibility index (Phi) is 3.84. The number of likely N-dealkylation sites (tertiary alicyclic amines) is 1. The molecule has 6 heteroatoms. The predicted octanol–water partition coefficient (Wildman–Crippen LogP) is 1.88. The molecule has 0 radical (unpaired) electrons. The van der Waals surface area contributed by atoms with Crippen molar-refractivity contribution in [3.8, 4) is 5.82 Å². The van der Waals surface area contributed by atoms with E-state index in [0.717, 1.165) is 31.0 Å². The van der Waals surface area contributed by atoms with E-state index in [9.17, 15) is 4.79 Å². The van der Waals surface area contributed by atoms with Gasteiger partial charge in [0.15, 0.2) is 5.82 Å². The van der Waals surface area contributed by atoms with Crippen LogP contribution in [-0.2, 0) is 0 Å². The van der Waals surface area contributed by atoms with Crippen LogP contribution in [0.3, 0.4) is 0 Å². The standard InChI is InChI=1S/C18H23N5O/c1-13-16(11-20-23(13)17-5-3-4-9-19-17)18(24)22-10-8-14-6-7-15(12-22)21(14)2/h3-5,9,11,14-15H,6-8,10,12H2,1-2H3/t14-,15+/m0/s1. The SMILES string of the molecule is Cc1c(C(=O)N2CC[C@@H]3CC[C@H](C2)N3C)cnn1-c1ccccn1. The zero-order valence-electron chi connectivity index (χ0n) is 14.2. The molecule has 0 N–H and O–H groups in total. The van der Waals surface area contributed by atoms with Crippen molar-refractivity contribution in [1.29, 1.82) is 0 Å². The molecule has 6 nitrogen and oxygen atoms in total. The van der Waals surface area contributed by atoms with E-state index in [0.29, 0.717) is 17.6 Å². The molecular formula is C18H23N5O. The van der Waals surface area contributed by atoms with Crippen LogP contribution in [0.15, 0.2) is 30.6 Å². The van der Waals surface area contributed by atoms with Crippen LogP contribution in [0.1, 0.15) is 35.3 Å². The molecule has 2 aliphatic heterocycles. The average molecular weight is 325 g/mol. The summed E-state index contributed by atoms with van der Waals surface area (Å²) >= 11 is 0. The molecule has 2 atom stereocenters. The van der Waals surface area contributed by atoms with E-state index in [2.05, 4.69) is 22.0 Å². The van der Waals surface area contributed by atoms with Crippen molar-refractivity contribution in [3.63, 3.8) is 0 Å². The molecule has 4 heterocycles. The Morgan fingerprint density at radius 2 is 2.04 bits per heavy atom. The van der Waals surface area contributed by atoms with Gasteiger partial charge in [0.25, 0.3) is 5.91 Å². The monoisotopic (exact) mass is 325 g/mol. The van der Waals surface area contributed by atoms with Gasteiger partial charge in [-0.25, -0.2) is 9.67 Å². The summed E-state index contributed by atoms with van der Waals surface area (Å²) in [4.78, 5) is 21.8. The number of fused-ring (bicyclic) bond motifs is 2. The Labute approximate surface area is 142 Å². The van der Waals surface area contributed by atoms with Crippen LogP contribution in [0, 0.1) is 6.92 Å². The fourth-order valence-corrected chi connectivity index (χ4v) is 3.99. The van der Waals surface area contributed by atoms with Gasteiger partial charge >= 0.3 is 0 Å². The quantitative estimate of drug-likeness (QED) is 0.846. The highest BCUT2D eigenvalue weighted by Crippen LogP contribution is 2.29.